The molecule has 1 amide bonds. The van der Waals surface area contributed by atoms with E-state index in [0.29, 0.717) is 17.9 Å². The number of hydrogen-bond acceptors (Lipinski definition) is 4. The number of rotatable bonds is 6. The molecule has 0 aliphatic carbocycles. The lowest BCUT2D eigenvalue weighted by Crippen LogP contribution is -2.18. The van der Waals surface area contributed by atoms with Crippen molar-refractivity contribution in [2.75, 3.05) is 5.32 Å². The zero-order valence-corrected chi connectivity index (χ0v) is 14.3. The molecule has 0 unspecified atom stereocenters. The maximum absolute atomic E-state index is 12.4. The van der Waals surface area contributed by atoms with Gasteiger partial charge in [0.1, 0.15) is 5.82 Å². The summed E-state index contributed by atoms with van der Waals surface area (Å²) in [7, 11) is 0. The number of carbonyl (C=O) groups excluding carboxylic acids is 1. The molecule has 7 heteroatoms. The van der Waals surface area contributed by atoms with Crippen molar-refractivity contribution < 1.29 is 9.72 Å². The van der Waals surface area contributed by atoms with E-state index in [4.69, 9.17) is 0 Å². The molecule has 0 bridgehead atoms. The van der Waals surface area contributed by atoms with Gasteiger partial charge in [-0.3, -0.25) is 14.9 Å². The van der Waals surface area contributed by atoms with Crippen LogP contribution in [0.25, 0.3) is 0 Å². The highest BCUT2D eigenvalue weighted by atomic mass is 16.6. The van der Waals surface area contributed by atoms with Crippen LogP contribution in [0.15, 0.2) is 60.7 Å². The first-order chi connectivity index (χ1) is 12.5. The van der Waals surface area contributed by atoms with E-state index in [-0.39, 0.29) is 18.0 Å². The maximum atomic E-state index is 12.4. The molecule has 26 heavy (non-hydrogen) atoms. The van der Waals surface area contributed by atoms with E-state index in [1.807, 2.05) is 37.3 Å². The molecular formula is C19H18N4O3. The fourth-order valence-electron chi connectivity index (χ4n) is 2.72. The molecule has 0 saturated carbocycles. The third kappa shape index (κ3) is 4.13. The number of aryl methyl sites for hydroxylation is 1. The number of nitro groups is 1. The van der Waals surface area contributed by atoms with Crippen LogP contribution < -0.4 is 5.32 Å². The average Bonchev–Trinajstić information content (AvgIpc) is 2.95. The Morgan fingerprint density at radius 1 is 1.15 bits per heavy atom. The molecule has 1 N–H and O–H groups in total. The Kier molecular flexibility index (Phi) is 5.07. The van der Waals surface area contributed by atoms with Crippen molar-refractivity contribution in [2.45, 2.75) is 19.9 Å². The smallest absolute Gasteiger partial charge is 0.273 e. The number of aromatic nitrogens is 2. The maximum Gasteiger partial charge on any atom is 0.273 e. The Bertz CT molecular complexity index is 935. The van der Waals surface area contributed by atoms with E-state index in [0.717, 1.165) is 11.3 Å². The van der Waals surface area contributed by atoms with Gasteiger partial charge in [0.25, 0.3) is 5.69 Å². The molecule has 2 aromatic carbocycles. The molecule has 0 atom stereocenters. The summed E-state index contributed by atoms with van der Waals surface area (Å²) in [4.78, 5) is 23.0. The van der Waals surface area contributed by atoms with Crippen molar-refractivity contribution in [3.05, 3.63) is 87.6 Å². The predicted molar refractivity (Wildman–Crippen MR) is 97.9 cm³/mol. The summed E-state index contributed by atoms with van der Waals surface area (Å²) in [5.74, 6) is 0.239. The van der Waals surface area contributed by atoms with Crippen LogP contribution in [0.1, 0.15) is 16.8 Å². The minimum absolute atomic E-state index is 0.0587. The van der Waals surface area contributed by atoms with E-state index in [1.54, 1.807) is 28.9 Å². The minimum Gasteiger partial charge on any atom is -0.311 e. The Morgan fingerprint density at radius 3 is 2.58 bits per heavy atom. The van der Waals surface area contributed by atoms with E-state index in [2.05, 4.69) is 10.4 Å². The predicted octanol–water partition coefficient (Wildman–Crippen LogP) is 3.33. The van der Waals surface area contributed by atoms with Crippen molar-refractivity contribution in [3.8, 4) is 0 Å². The first-order valence-electron chi connectivity index (χ1n) is 8.13. The normalized spacial score (nSPS) is 10.5. The molecule has 132 valence electrons. The summed E-state index contributed by atoms with van der Waals surface area (Å²) < 4.78 is 1.71. The molecule has 7 nitrogen and oxygen atoms in total. The second kappa shape index (κ2) is 7.60. The van der Waals surface area contributed by atoms with Crippen molar-refractivity contribution in [1.29, 1.82) is 0 Å². The van der Waals surface area contributed by atoms with Crippen LogP contribution in [0.3, 0.4) is 0 Å². The summed E-state index contributed by atoms with van der Waals surface area (Å²) in [6.07, 6.45) is -0.0767. The van der Waals surface area contributed by atoms with Crippen LogP contribution in [0.2, 0.25) is 0 Å². The van der Waals surface area contributed by atoms with Gasteiger partial charge in [-0.2, -0.15) is 5.10 Å². The quantitative estimate of drug-likeness (QED) is 0.545. The van der Waals surface area contributed by atoms with Crippen LogP contribution >= 0.6 is 0 Å². The van der Waals surface area contributed by atoms with Gasteiger partial charge in [0.15, 0.2) is 0 Å². The first kappa shape index (κ1) is 17.3. The minimum atomic E-state index is -0.480. The van der Waals surface area contributed by atoms with E-state index in [9.17, 15) is 14.9 Å². The van der Waals surface area contributed by atoms with Gasteiger partial charge >= 0.3 is 0 Å². The molecule has 0 spiro atoms. The van der Waals surface area contributed by atoms with Gasteiger partial charge in [0, 0.05) is 17.7 Å². The molecule has 0 aliphatic rings. The zero-order chi connectivity index (χ0) is 18.5. The number of para-hydroxylation sites is 1. The number of amides is 1. The highest BCUT2D eigenvalue weighted by Crippen LogP contribution is 2.19. The lowest BCUT2D eigenvalue weighted by atomic mass is 10.1. The van der Waals surface area contributed by atoms with Crippen molar-refractivity contribution in [3.63, 3.8) is 0 Å². The third-order valence-corrected chi connectivity index (χ3v) is 3.88. The van der Waals surface area contributed by atoms with Gasteiger partial charge in [0.2, 0.25) is 5.91 Å². The van der Waals surface area contributed by atoms with Crippen LogP contribution in [0.5, 0.6) is 0 Å². The highest BCUT2D eigenvalue weighted by Gasteiger charge is 2.17. The van der Waals surface area contributed by atoms with Crippen LogP contribution in [0.4, 0.5) is 11.5 Å². The summed E-state index contributed by atoms with van der Waals surface area (Å²) in [5, 5.41) is 18.3. The number of anilines is 1. The lowest BCUT2D eigenvalue weighted by molar-refractivity contribution is -0.385. The molecule has 0 fully saturated rings. The zero-order valence-electron chi connectivity index (χ0n) is 14.3. The standard InChI is InChI=1S/C19H18N4O3/c1-14-11-18(22(21-14)13-15-7-3-2-4-8-15)20-19(24)12-16-9-5-6-10-17(16)23(25)26/h2-11H,12-13H2,1H3,(H,20,24). The summed E-state index contributed by atoms with van der Waals surface area (Å²) in [6, 6.07) is 17.8. The van der Waals surface area contributed by atoms with Gasteiger partial charge in [-0.1, -0.05) is 48.5 Å². The van der Waals surface area contributed by atoms with Crippen molar-refractivity contribution >= 4 is 17.4 Å². The number of hydrogen-bond donors (Lipinski definition) is 1. The second-order valence-electron chi connectivity index (χ2n) is 5.92. The van der Waals surface area contributed by atoms with Crippen LogP contribution in [0, 0.1) is 17.0 Å². The van der Waals surface area contributed by atoms with Crippen molar-refractivity contribution in [1.82, 2.24) is 9.78 Å². The van der Waals surface area contributed by atoms with Gasteiger partial charge in [-0.25, -0.2) is 4.68 Å². The van der Waals surface area contributed by atoms with E-state index < -0.39 is 4.92 Å². The summed E-state index contributed by atoms with van der Waals surface area (Å²) in [6.45, 7) is 2.37. The monoisotopic (exact) mass is 350 g/mol. The topological polar surface area (TPSA) is 90.1 Å². The largest absolute Gasteiger partial charge is 0.311 e. The molecule has 3 rings (SSSR count). The molecule has 1 aromatic heterocycles. The molecule has 0 radical (unpaired) electrons. The molecule has 3 aromatic rings. The Hall–Kier alpha value is -3.48. The van der Waals surface area contributed by atoms with Crippen LogP contribution in [-0.2, 0) is 17.8 Å². The fraction of sp³-hybridized carbons (Fsp3) is 0.158. The first-order valence-corrected chi connectivity index (χ1v) is 8.13. The Morgan fingerprint density at radius 2 is 1.85 bits per heavy atom. The molecule has 0 aliphatic heterocycles. The van der Waals surface area contributed by atoms with Gasteiger partial charge in [-0.15, -0.1) is 0 Å². The molecule has 0 saturated heterocycles. The number of nitro benzene ring substituents is 1. The van der Waals surface area contributed by atoms with Gasteiger partial charge in [0.05, 0.1) is 23.6 Å². The average molecular weight is 350 g/mol. The van der Waals surface area contributed by atoms with Gasteiger partial charge < -0.3 is 5.32 Å². The SMILES string of the molecule is Cc1cc(NC(=O)Cc2ccccc2[N+](=O)[O-])n(Cc2ccccc2)n1. The number of carbonyl (C=O) groups is 1. The highest BCUT2D eigenvalue weighted by molar-refractivity contribution is 5.92. The molecule has 1 heterocycles. The van der Waals surface area contributed by atoms with Crippen molar-refractivity contribution in [2.24, 2.45) is 0 Å². The van der Waals surface area contributed by atoms with Gasteiger partial charge in [-0.05, 0) is 12.5 Å². The van der Waals surface area contributed by atoms with Crippen LogP contribution in [-0.4, -0.2) is 20.6 Å². The van der Waals surface area contributed by atoms with E-state index in [1.165, 1.54) is 6.07 Å². The fourth-order valence-corrected chi connectivity index (χ4v) is 2.72. The third-order valence-electron chi connectivity index (χ3n) is 3.88. The Labute approximate surface area is 150 Å². The summed E-state index contributed by atoms with van der Waals surface area (Å²) >= 11 is 0. The Balaban J connectivity index is 1.75. The summed E-state index contributed by atoms with van der Waals surface area (Å²) in [5.41, 5.74) is 2.16. The lowest BCUT2D eigenvalue weighted by Gasteiger charge is -2.09. The number of benzene rings is 2. The molecular weight excluding hydrogens is 332 g/mol. The number of nitrogens with one attached hydrogen (secondary N) is 1. The second-order valence-corrected chi connectivity index (χ2v) is 5.92. The number of nitrogens with zero attached hydrogens (tertiary/aromatic N) is 3. The van der Waals surface area contributed by atoms with E-state index >= 15 is 0 Å².